The molecule has 0 bridgehead atoms. The van der Waals surface area contributed by atoms with Crippen LogP contribution in [0.5, 0.6) is 0 Å². The number of carbonyl (C=O) groups excluding carboxylic acids is 1. The maximum Gasteiger partial charge on any atom is 0.255 e. The largest absolute Gasteiger partial charge is 0.322 e. The Hall–Kier alpha value is -3.32. The van der Waals surface area contributed by atoms with Crippen molar-refractivity contribution in [3.63, 3.8) is 0 Å². The molecule has 6 nitrogen and oxygen atoms in total. The summed E-state index contributed by atoms with van der Waals surface area (Å²) in [5.41, 5.74) is 3.32. The van der Waals surface area contributed by atoms with Crippen LogP contribution in [0.2, 0.25) is 0 Å². The fourth-order valence-electron chi connectivity index (χ4n) is 2.97. The van der Waals surface area contributed by atoms with Crippen molar-refractivity contribution in [2.75, 3.05) is 11.6 Å². The van der Waals surface area contributed by atoms with E-state index in [-0.39, 0.29) is 5.91 Å². The first kappa shape index (κ1) is 18.1. The fourth-order valence-corrected chi connectivity index (χ4v) is 3.50. The number of amides is 1. The minimum Gasteiger partial charge on any atom is -0.322 e. The average molecular weight is 389 g/mol. The van der Waals surface area contributed by atoms with Gasteiger partial charge in [-0.05, 0) is 48.2 Å². The molecular formula is C21H19N5OS. The lowest BCUT2D eigenvalue weighted by Crippen LogP contribution is -2.12. The summed E-state index contributed by atoms with van der Waals surface area (Å²) in [6, 6.07) is 17.2. The quantitative estimate of drug-likeness (QED) is 0.505. The Bertz CT molecular complexity index is 1090. The van der Waals surface area contributed by atoms with Crippen LogP contribution in [0.25, 0.3) is 5.69 Å². The number of carbonyl (C=O) groups is 1. The molecule has 140 valence electrons. The van der Waals surface area contributed by atoms with Crippen LogP contribution in [0.1, 0.15) is 15.9 Å². The van der Waals surface area contributed by atoms with Gasteiger partial charge in [-0.1, -0.05) is 30.0 Å². The summed E-state index contributed by atoms with van der Waals surface area (Å²) in [6.45, 7) is 0.657. The van der Waals surface area contributed by atoms with Gasteiger partial charge in [0, 0.05) is 41.7 Å². The van der Waals surface area contributed by atoms with Crippen molar-refractivity contribution in [3.05, 3.63) is 90.5 Å². The van der Waals surface area contributed by atoms with Crippen molar-refractivity contribution in [3.8, 4) is 5.69 Å². The smallest absolute Gasteiger partial charge is 0.255 e. The molecule has 0 aliphatic rings. The summed E-state index contributed by atoms with van der Waals surface area (Å²) in [5, 5.41) is 8.08. The first-order valence-electron chi connectivity index (χ1n) is 8.78. The number of nitrogens with zero attached hydrogens (tertiary/aromatic N) is 4. The van der Waals surface area contributed by atoms with Crippen molar-refractivity contribution in [1.82, 2.24) is 19.3 Å². The van der Waals surface area contributed by atoms with Crippen molar-refractivity contribution in [2.24, 2.45) is 0 Å². The number of aromatic nitrogens is 4. The number of hydrogen-bond donors (Lipinski definition) is 1. The number of rotatable bonds is 6. The van der Waals surface area contributed by atoms with E-state index in [0.717, 1.165) is 22.1 Å². The van der Waals surface area contributed by atoms with Crippen LogP contribution in [0.4, 0.5) is 5.69 Å². The van der Waals surface area contributed by atoms with E-state index in [1.165, 1.54) is 0 Å². The molecule has 0 atom stereocenters. The van der Waals surface area contributed by atoms with Gasteiger partial charge in [0.25, 0.3) is 5.91 Å². The summed E-state index contributed by atoms with van der Waals surface area (Å²) in [5.74, 6) is -0.149. The molecule has 2 heterocycles. The molecule has 0 spiro atoms. The number of thioether (sulfide) groups is 1. The van der Waals surface area contributed by atoms with Crippen LogP contribution in [0.15, 0.2) is 84.5 Å². The number of imidazole rings is 1. The third-order valence-corrected chi connectivity index (χ3v) is 4.93. The van der Waals surface area contributed by atoms with Crippen LogP contribution >= 0.6 is 11.8 Å². The highest BCUT2D eigenvalue weighted by Gasteiger charge is 2.10. The van der Waals surface area contributed by atoms with Crippen LogP contribution in [0, 0.1) is 0 Å². The molecule has 1 amide bonds. The van der Waals surface area contributed by atoms with Gasteiger partial charge in [0.05, 0.1) is 6.54 Å². The first-order valence-corrected chi connectivity index (χ1v) is 10.0. The third-order valence-electron chi connectivity index (χ3n) is 4.26. The van der Waals surface area contributed by atoms with Gasteiger partial charge >= 0.3 is 0 Å². The van der Waals surface area contributed by atoms with Gasteiger partial charge in [0.15, 0.2) is 5.16 Å². The van der Waals surface area contributed by atoms with Gasteiger partial charge in [-0.3, -0.25) is 14.0 Å². The second-order valence-electron chi connectivity index (χ2n) is 6.19. The Morgan fingerprint density at radius 1 is 1.07 bits per heavy atom. The lowest BCUT2D eigenvalue weighted by atomic mass is 10.1. The van der Waals surface area contributed by atoms with E-state index in [4.69, 9.17) is 0 Å². The SMILES string of the molecule is CSc1nccn1-c1cccc(C(=O)Nc2cccc(Cn3cccn3)c2)c1. The average Bonchev–Trinajstić information content (AvgIpc) is 3.40. The molecule has 4 rings (SSSR count). The second kappa shape index (κ2) is 8.14. The van der Waals surface area contributed by atoms with Crippen molar-refractivity contribution < 1.29 is 4.79 Å². The molecule has 0 saturated heterocycles. The molecule has 0 aliphatic carbocycles. The van der Waals surface area contributed by atoms with Gasteiger partial charge in [-0.25, -0.2) is 4.98 Å². The molecular weight excluding hydrogens is 370 g/mol. The standard InChI is InChI=1S/C21H19N5OS/c1-28-21-22-10-12-26(21)19-8-3-6-17(14-19)20(27)24-18-7-2-5-16(13-18)15-25-11-4-9-23-25/h2-14H,15H2,1H3,(H,24,27). The van der Waals surface area contributed by atoms with Gasteiger partial charge in [0.2, 0.25) is 0 Å². The van der Waals surface area contributed by atoms with Crippen LogP contribution in [-0.4, -0.2) is 31.5 Å². The van der Waals surface area contributed by atoms with E-state index in [9.17, 15) is 4.79 Å². The number of hydrogen-bond acceptors (Lipinski definition) is 4. The highest BCUT2D eigenvalue weighted by atomic mass is 32.2. The molecule has 4 aromatic rings. The summed E-state index contributed by atoms with van der Waals surface area (Å²) < 4.78 is 3.81. The van der Waals surface area contributed by atoms with Crippen LogP contribution in [-0.2, 0) is 6.54 Å². The van der Waals surface area contributed by atoms with E-state index in [0.29, 0.717) is 12.1 Å². The molecule has 0 saturated carbocycles. The number of nitrogens with one attached hydrogen (secondary N) is 1. The zero-order valence-electron chi connectivity index (χ0n) is 15.3. The lowest BCUT2D eigenvalue weighted by molar-refractivity contribution is 0.102. The predicted molar refractivity (Wildman–Crippen MR) is 111 cm³/mol. The summed E-state index contributed by atoms with van der Waals surface area (Å²) >= 11 is 1.56. The first-order chi connectivity index (χ1) is 13.7. The monoisotopic (exact) mass is 389 g/mol. The summed E-state index contributed by atoms with van der Waals surface area (Å²) in [6.07, 6.45) is 9.29. The Morgan fingerprint density at radius 3 is 2.79 bits per heavy atom. The lowest BCUT2D eigenvalue weighted by Gasteiger charge is -2.10. The molecule has 7 heteroatoms. The van der Waals surface area contributed by atoms with E-state index >= 15 is 0 Å². The van der Waals surface area contributed by atoms with Gasteiger partial charge in [-0.2, -0.15) is 5.10 Å². The summed E-state index contributed by atoms with van der Waals surface area (Å²) in [4.78, 5) is 17.1. The Balaban J connectivity index is 1.52. The Labute approximate surface area is 167 Å². The molecule has 0 radical (unpaired) electrons. The van der Waals surface area contributed by atoms with E-state index in [1.54, 1.807) is 24.2 Å². The van der Waals surface area contributed by atoms with E-state index in [1.807, 2.05) is 82.5 Å². The zero-order valence-corrected chi connectivity index (χ0v) is 16.1. The molecule has 28 heavy (non-hydrogen) atoms. The fraction of sp³-hybridized carbons (Fsp3) is 0.0952. The number of anilines is 1. The molecule has 2 aromatic heterocycles. The van der Waals surface area contributed by atoms with Crippen LogP contribution < -0.4 is 5.32 Å². The maximum atomic E-state index is 12.8. The van der Waals surface area contributed by atoms with Crippen molar-refractivity contribution in [2.45, 2.75) is 11.7 Å². The van der Waals surface area contributed by atoms with Gasteiger partial charge in [0.1, 0.15) is 0 Å². The summed E-state index contributed by atoms with van der Waals surface area (Å²) in [7, 11) is 0. The van der Waals surface area contributed by atoms with Crippen LogP contribution in [0.3, 0.4) is 0 Å². The van der Waals surface area contributed by atoms with Crippen molar-refractivity contribution in [1.29, 1.82) is 0 Å². The molecule has 0 fully saturated rings. The molecule has 2 aromatic carbocycles. The highest BCUT2D eigenvalue weighted by molar-refractivity contribution is 7.98. The van der Waals surface area contributed by atoms with Gasteiger partial charge in [-0.15, -0.1) is 0 Å². The normalized spacial score (nSPS) is 10.8. The van der Waals surface area contributed by atoms with Gasteiger partial charge < -0.3 is 5.32 Å². The Morgan fingerprint density at radius 2 is 1.96 bits per heavy atom. The van der Waals surface area contributed by atoms with E-state index in [2.05, 4.69) is 15.4 Å². The molecule has 1 N–H and O–H groups in total. The van der Waals surface area contributed by atoms with Crippen molar-refractivity contribution >= 4 is 23.4 Å². The molecule has 0 aliphatic heterocycles. The number of benzene rings is 2. The highest BCUT2D eigenvalue weighted by Crippen LogP contribution is 2.20. The third kappa shape index (κ3) is 3.99. The Kier molecular flexibility index (Phi) is 5.25. The second-order valence-corrected chi connectivity index (χ2v) is 6.97. The molecule has 0 unspecified atom stereocenters. The van der Waals surface area contributed by atoms with E-state index < -0.39 is 0 Å². The topological polar surface area (TPSA) is 64.7 Å². The maximum absolute atomic E-state index is 12.8. The zero-order chi connectivity index (χ0) is 19.3. The minimum atomic E-state index is -0.149. The predicted octanol–water partition coefficient (Wildman–Crippen LogP) is 4.09. The minimum absolute atomic E-state index is 0.149.